The molecule has 45 heavy (non-hydrogen) atoms. The molecule has 14 heteroatoms. The normalized spacial score (nSPS) is 16.5. The Morgan fingerprint density at radius 2 is 1.27 bits per heavy atom. The van der Waals surface area contributed by atoms with Crippen molar-refractivity contribution in [2.75, 3.05) is 13.2 Å². The summed E-state index contributed by atoms with van der Waals surface area (Å²) >= 11 is 0. The molecule has 0 atom stereocenters. The molecule has 1 aliphatic carbocycles. The Balaban J connectivity index is 1.55. The average Bonchev–Trinajstić information content (AvgIpc) is 3.03. The lowest BCUT2D eigenvalue weighted by Gasteiger charge is -2.45. The van der Waals surface area contributed by atoms with Crippen LogP contribution in [0.5, 0.6) is 0 Å². The summed E-state index contributed by atoms with van der Waals surface area (Å²) in [6.45, 7) is 2.78. The Kier molecular flexibility index (Phi) is 10.5. The smallest absolute Gasteiger partial charge is 0.408 e. The van der Waals surface area contributed by atoms with Crippen molar-refractivity contribution >= 4 is 32.2 Å². The molecule has 0 saturated heterocycles. The van der Waals surface area contributed by atoms with E-state index in [0.29, 0.717) is 0 Å². The Hall–Kier alpha value is -3.98. The van der Waals surface area contributed by atoms with Crippen LogP contribution >= 0.6 is 0 Å². The Bertz CT molecular complexity index is 1620. The molecule has 0 heterocycles. The summed E-state index contributed by atoms with van der Waals surface area (Å²) in [5, 5.41) is 15.4. The van der Waals surface area contributed by atoms with Gasteiger partial charge in [0.15, 0.2) is 5.84 Å². The molecular weight excluding hydrogens is 622 g/mol. The number of nitrogens with two attached hydrogens (primary N) is 1. The zero-order valence-electron chi connectivity index (χ0n) is 25.0. The van der Waals surface area contributed by atoms with Gasteiger partial charge >= 0.3 is 6.09 Å². The van der Waals surface area contributed by atoms with E-state index < -0.39 is 50.5 Å². The van der Waals surface area contributed by atoms with Crippen molar-refractivity contribution in [1.29, 1.82) is 0 Å². The lowest BCUT2D eigenvalue weighted by atomic mass is 9.67. The van der Waals surface area contributed by atoms with Crippen molar-refractivity contribution in [3.63, 3.8) is 0 Å². The zero-order valence-corrected chi connectivity index (χ0v) is 26.6. The molecule has 242 valence electrons. The summed E-state index contributed by atoms with van der Waals surface area (Å²) in [4.78, 5) is 12.7. The van der Waals surface area contributed by atoms with E-state index in [1.165, 1.54) is 24.3 Å². The number of benzene rings is 3. The van der Waals surface area contributed by atoms with Crippen molar-refractivity contribution in [2.24, 2.45) is 16.3 Å². The first-order valence-corrected chi connectivity index (χ1v) is 17.0. The monoisotopic (exact) mass is 659 g/mol. The number of hydrogen-bond donors (Lipinski definition) is 3. The summed E-state index contributed by atoms with van der Waals surface area (Å²) in [7, 11) is -8.42. The van der Waals surface area contributed by atoms with Crippen molar-refractivity contribution in [3.8, 4) is 0 Å². The topological polar surface area (TPSA) is 184 Å². The summed E-state index contributed by atoms with van der Waals surface area (Å²) in [5.41, 5.74) is 6.04. The van der Waals surface area contributed by atoms with Gasteiger partial charge in [-0.2, -0.15) is 16.8 Å². The number of aryl methyl sites for hydroxylation is 2. The number of rotatable bonds is 12. The third-order valence-electron chi connectivity index (χ3n) is 7.98. The Morgan fingerprint density at radius 3 is 1.71 bits per heavy atom. The van der Waals surface area contributed by atoms with Crippen LogP contribution in [0.1, 0.15) is 42.4 Å². The Morgan fingerprint density at radius 1 is 0.800 bits per heavy atom. The predicted octanol–water partition coefficient (Wildman–Crippen LogP) is 4.39. The summed E-state index contributed by atoms with van der Waals surface area (Å²) in [6.07, 6.45) is -0.588. The molecule has 1 fully saturated rings. The quantitative estimate of drug-likeness (QED) is 0.0829. The van der Waals surface area contributed by atoms with Crippen LogP contribution in [0, 0.1) is 19.3 Å². The maximum atomic E-state index is 13.1. The molecule has 0 aliphatic heterocycles. The third kappa shape index (κ3) is 8.60. The van der Waals surface area contributed by atoms with Gasteiger partial charge in [-0.05, 0) is 69.4 Å². The first-order chi connectivity index (χ1) is 21.3. The van der Waals surface area contributed by atoms with Gasteiger partial charge in [0.2, 0.25) is 0 Å². The molecule has 0 radical (unpaired) electrons. The Labute approximate surface area is 263 Å². The van der Waals surface area contributed by atoms with E-state index in [1.807, 2.05) is 19.9 Å². The van der Waals surface area contributed by atoms with Gasteiger partial charge in [-0.15, -0.1) is 0 Å². The number of alkyl carbamates (subject to hydrolysis) is 1. The highest BCUT2D eigenvalue weighted by molar-refractivity contribution is 7.87. The van der Waals surface area contributed by atoms with E-state index in [-0.39, 0.29) is 47.9 Å². The summed E-state index contributed by atoms with van der Waals surface area (Å²) in [5.74, 6) is -0.283. The van der Waals surface area contributed by atoms with Crippen LogP contribution in [0.15, 0.2) is 93.8 Å². The van der Waals surface area contributed by atoms with Crippen molar-refractivity contribution < 1.29 is 39.9 Å². The second-order valence-electron chi connectivity index (χ2n) is 11.3. The van der Waals surface area contributed by atoms with Gasteiger partial charge in [-0.3, -0.25) is 8.37 Å². The maximum absolute atomic E-state index is 13.1. The number of nitrogens with one attached hydrogen (secondary N) is 1. The van der Waals surface area contributed by atoms with Gasteiger partial charge in [0.05, 0.1) is 23.0 Å². The molecular formula is C31H37N3O9S2. The molecule has 0 unspecified atom stereocenters. The number of amidine groups is 1. The van der Waals surface area contributed by atoms with E-state index in [4.69, 9.17) is 18.8 Å². The van der Waals surface area contributed by atoms with Gasteiger partial charge < -0.3 is 21.0 Å². The van der Waals surface area contributed by atoms with Gasteiger partial charge in [0.25, 0.3) is 20.2 Å². The van der Waals surface area contributed by atoms with E-state index in [0.717, 1.165) is 16.7 Å². The predicted molar refractivity (Wildman–Crippen MR) is 165 cm³/mol. The van der Waals surface area contributed by atoms with Crippen LogP contribution in [0.2, 0.25) is 0 Å². The van der Waals surface area contributed by atoms with Crippen molar-refractivity contribution in [3.05, 3.63) is 95.6 Å². The maximum Gasteiger partial charge on any atom is 0.408 e. The number of carbonyl (C=O) groups excluding carboxylic acids is 1. The van der Waals surface area contributed by atoms with Crippen LogP contribution in [-0.2, 0) is 39.9 Å². The summed E-state index contributed by atoms with van der Waals surface area (Å²) < 4.78 is 68.6. The molecule has 1 aliphatic rings. The largest absolute Gasteiger partial charge is 0.445 e. The molecule has 0 spiro atoms. The highest BCUT2D eigenvalue weighted by Gasteiger charge is 2.48. The van der Waals surface area contributed by atoms with E-state index in [2.05, 4.69) is 10.5 Å². The number of ether oxygens (including phenoxy) is 1. The molecule has 3 aromatic carbocycles. The fraction of sp³-hybridized carbons (Fsp3) is 0.355. The first kappa shape index (κ1) is 33.9. The summed E-state index contributed by atoms with van der Waals surface area (Å²) in [6, 6.07) is 21.2. The second-order valence-corrected chi connectivity index (χ2v) is 14.5. The highest BCUT2D eigenvalue weighted by Crippen LogP contribution is 2.43. The molecule has 0 bridgehead atoms. The van der Waals surface area contributed by atoms with E-state index >= 15 is 0 Å². The van der Waals surface area contributed by atoms with Crippen LogP contribution in [-0.4, -0.2) is 52.7 Å². The number of hydrogen-bond acceptors (Lipinski definition) is 10. The van der Waals surface area contributed by atoms with Gasteiger partial charge in [0.1, 0.15) is 12.1 Å². The molecule has 0 aromatic heterocycles. The number of nitrogens with zero attached hydrogens (tertiary/aromatic N) is 1. The second kappa shape index (κ2) is 14.0. The van der Waals surface area contributed by atoms with Crippen molar-refractivity contribution in [2.45, 2.75) is 61.5 Å². The molecule has 1 amide bonds. The molecule has 12 nitrogen and oxygen atoms in total. The molecule has 3 aromatic rings. The zero-order chi connectivity index (χ0) is 32.7. The minimum atomic E-state index is -4.21. The van der Waals surface area contributed by atoms with Gasteiger partial charge in [-0.25, -0.2) is 4.79 Å². The molecule has 4 N–H and O–H groups in total. The van der Waals surface area contributed by atoms with Crippen LogP contribution in [0.25, 0.3) is 0 Å². The number of amides is 1. The number of oxime groups is 1. The minimum Gasteiger partial charge on any atom is -0.445 e. The third-order valence-corrected chi connectivity index (χ3v) is 10.5. The van der Waals surface area contributed by atoms with Crippen LogP contribution in [0.4, 0.5) is 4.79 Å². The van der Waals surface area contributed by atoms with E-state index in [1.54, 1.807) is 48.5 Å². The van der Waals surface area contributed by atoms with Crippen LogP contribution in [0.3, 0.4) is 0 Å². The minimum absolute atomic E-state index is 0.0156. The average molecular weight is 660 g/mol. The highest BCUT2D eigenvalue weighted by atomic mass is 32.2. The SMILES string of the molecule is Cc1ccc(S(=O)(=O)OCC2(COS(=O)(=O)c3ccc(C)cc3)CCC(NC(=O)OCc3ccccc3)(C(N)=NO)CC2)cc1. The lowest BCUT2D eigenvalue weighted by molar-refractivity contribution is 0.0303. The molecule has 4 rings (SSSR count). The van der Waals surface area contributed by atoms with Crippen LogP contribution < -0.4 is 11.1 Å². The lowest BCUT2D eigenvalue weighted by Crippen LogP contribution is -2.61. The number of carbonyl (C=O) groups is 1. The van der Waals surface area contributed by atoms with E-state index in [9.17, 15) is 26.8 Å². The fourth-order valence-electron chi connectivity index (χ4n) is 4.98. The first-order valence-electron chi connectivity index (χ1n) is 14.2. The molecule has 1 saturated carbocycles. The van der Waals surface area contributed by atoms with Gasteiger partial charge in [-0.1, -0.05) is 70.9 Å². The van der Waals surface area contributed by atoms with Gasteiger partial charge in [0, 0.05) is 5.41 Å². The fourth-order valence-corrected chi connectivity index (χ4v) is 7.01. The van der Waals surface area contributed by atoms with Crippen molar-refractivity contribution in [1.82, 2.24) is 5.32 Å². The standard InChI is InChI=1S/C31H37N3O9S2/c1-23-8-12-26(13-9-23)44(37,38)42-21-30(22-43-45(39,40)27-14-10-24(2)11-15-27)16-18-31(19-17-30,28(32)34-36)33-29(35)41-20-25-6-4-3-5-7-25/h3-15,36H,16-22H2,1-2H3,(H2,32,34)(H,33,35).